The van der Waals surface area contributed by atoms with Gasteiger partial charge in [0.25, 0.3) is 0 Å². The maximum absolute atomic E-state index is 10.8. The van der Waals surface area contributed by atoms with Crippen molar-refractivity contribution in [1.29, 1.82) is 0 Å². The van der Waals surface area contributed by atoms with Crippen LogP contribution in [0.4, 0.5) is 11.6 Å². The minimum absolute atomic E-state index is 0.154. The maximum atomic E-state index is 10.8. The van der Waals surface area contributed by atoms with E-state index >= 15 is 0 Å². The summed E-state index contributed by atoms with van der Waals surface area (Å²) in [5.74, 6) is 0.398. The Morgan fingerprint density at radius 1 is 1.00 bits per heavy atom. The molecule has 2 aromatic carbocycles. The van der Waals surface area contributed by atoms with Crippen LogP contribution in [-0.2, 0) is 16.1 Å². The zero-order valence-electron chi connectivity index (χ0n) is 20.5. The van der Waals surface area contributed by atoms with Gasteiger partial charge in [-0.3, -0.25) is 9.59 Å². The standard InChI is InChI=1S/C16H13N3OS.C10H12O2.C2H6/c1-11-3-2-4-13(7-11)19-16-17-8-12(9-18-16)15-6-5-14(10-20)21-15;1-2-10(11)12-8-9-6-4-3-5-7-9;1-2/h2-10H,1H3,(H,17,18,19);3-7H,2,8H2,1H3;1-2H3. The fourth-order valence-corrected chi connectivity index (χ4v) is 3.58. The average molecular weight is 490 g/mol. The molecule has 0 atom stereocenters. The molecule has 0 saturated heterocycles. The molecule has 0 saturated carbocycles. The van der Waals surface area contributed by atoms with Crippen molar-refractivity contribution in [3.63, 3.8) is 0 Å². The highest BCUT2D eigenvalue weighted by Crippen LogP contribution is 2.26. The Balaban J connectivity index is 0.000000263. The molecule has 0 aliphatic carbocycles. The van der Waals surface area contributed by atoms with E-state index in [0.29, 0.717) is 23.9 Å². The molecule has 0 bridgehead atoms. The van der Waals surface area contributed by atoms with Crippen molar-refractivity contribution in [2.24, 2.45) is 0 Å². The summed E-state index contributed by atoms with van der Waals surface area (Å²) in [7, 11) is 0. The molecule has 6 nitrogen and oxygen atoms in total. The van der Waals surface area contributed by atoms with Gasteiger partial charge in [0.05, 0.1) is 4.88 Å². The van der Waals surface area contributed by atoms with E-state index in [1.807, 2.05) is 81.4 Å². The third kappa shape index (κ3) is 9.51. The van der Waals surface area contributed by atoms with E-state index in [2.05, 4.69) is 15.3 Å². The van der Waals surface area contributed by atoms with Gasteiger partial charge in [-0.1, -0.05) is 63.2 Å². The van der Waals surface area contributed by atoms with Gasteiger partial charge in [0.15, 0.2) is 6.29 Å². The number of hydrogen-bond acceptors (Lipinski definition) is 7. The highest BCUT2D eigenvalue weighted by Gasteiger charge is 2.04. The molecule has 182 valence electrons. The van der Waals surface area contributed by atoms with Crippen molar-refractivity contribution in [3.8, 4) is 10.4 Å². The summed E-state index contributed by atoms with van der Waals surface area (Å²) in [5.41, 5.74) is 4.07. The average Bonchev–Trinajstić information content (AvgIpc) is 3.39. The number of aryl methyl sites for hydroxylation is 1. The molecule has 0 spiro atoms. The number of aldehydes is 1. The number of thiophene rings is 1. The minimum Gasteiger partial charge on any atom is -0.461 e. The van der Waals surface area contributed by atoms with Gasteiger partial charge < -0.3 is 10.1 Å². The highest BCUT2D eigenvalue weighted by molar-refractivity contribution is 7.17. The summed E-state index contributed by atoms with van der Waals surface area (Å²) in [4.78, 5) is 31.8. The van der Waals surface area contributed by atoms with Gasteiger partial charge in [0.1, 0.15) is 6.61 Å². The molecule has 0 amide bonds. The molecule has 0 unspecified atom stereocenters. The Labute approximate surface area is 211 Å². The monoisotopic (exact) mass is 489 g/mol. The Morgan fingerprint density at radius 3 is 2.31 bits per heavy atom. The number of anilines is 2. The van der Waals surface area contributed by atoms with E-state index in [1.165, 1.54) is 16.9 Å². The molecule has 35 heavy (non-hydrogen) atoms. The summed E-state index contributed by atoms with van der Waals surface area (Å²) in [6.07, 6.45) is 4.80. The molecule has 1 N–H and O–H groups in total. The van der Waals surface area contributed by atoms with Gasteiger partial charge >= 0.3 is 5.97 Å². The largest absolute Gasteiger partial charge is 0.461 e. The van der Waals surface area contributed by atoms with Crippen LogP contribution in [0, 0.1) is 6.92 Å². The van der Waals surface area contributed by atoms with Crippen molar-refractivity contribution < 1.29 is 14.3 Å². The topological polar surface area (TPSA) is 81.2 Å². The molecular weight excluding hydrogens is 458 g/mol. The lowest BCUT2D eigenvalue weighted by atomic mass is 10.2. The van der Waals surface area contributed by atoms with E-state index in [4.69, 9.17) is 4.74 Å². The number of nitrogens with one attached hydrogen (secondary N) is 1. The van der Waals surface area contributed by atoms with Gasteiger partial charge in [-0.05, 0) is 42.3 Å². The van der Waals surface area contributed by atoms with Crippen molar-refractivity contribution in [2.75, 3.05) is 5.32 Å². The number of aromatic nitrogens is 2. The number of benzene rings is 2. The SMILES string of the molecule is CC.CCC(=O)OCc1ccccc1.Cc1cccc(Nc2ncc(-c3ccc(C=O)s3)cn2)c1. The summed E-state index contributed by atoms with van der Waals surface area (Å²) >= 11 is 1.43. The van der Waals surface area contributed by atoms with E-state index in [0.717, 1.165) is 28.0 Å². The van der Waals surface area contributed by atoms with Crippen LogP contribution in [0.25, 0.3) is 10.4 Å². The first-order chi connectivity index (χ1) is 17.1. The number of rotatable bonds is 7. The molecule has 2 heterocycles. The van der Waals surface area contributed by atoms with Gasteiger partial charge in [-0.15, -0.1) is 11.3 Å². The van der Waals surface area contributed by atoms with Crippen LogP contribution in [0.5, 0.6) is 0 Å². The fourth-order valence-electron chi connectivity index (χ4n) is 2.78. The smallest absolute Gasteiger partial charge is 0.305 e. The fraction of sp³-hybridized carbons (Fsp3) is 0.214. The quantitative estimate of drug-likeness (QED) is 0.218. The minimum atomic E-state index is -0.154. The van der Waals surface area contributed by atoms with Gasteiger partial charge in [-0.25, -0.2) is 9.97 Å². The Bertz CT molecular complexity index is 1180. The van der Waals surface area contributed by atoms with E-state index in [1.54, 1.807) is 25.4 Å². The summed E-state index contributed by atoms with van der Waals surface area (Å²) in [6.45, 7) is 8.21. The number of hydrogen-bond donors (Lipinski definition) is 1. The predicted molar refractivity (Wildman–Crippen MR) is 143 cm³/mol. The normalized spacial score (nSPS) is 9.60. The third-order valence-corrected chi connectivity index (χ3v) is 5.54. The molecule has 0 aliphatic rings. The maximum Gasteiger partial charge on any atom is 0.305 e. The van der Waals surface area contributed by atoms with Gasteiger partial charge in [0.2, 0.25) is 5.95 Å². The summed E-state index contributed by atoms with van der Waals surface area (Å²) in [5, 5.41) is 3.16. The van der Waals surface area contributed by atoms with Crippen molar-refractivity contribution in [3.05, 3.63) is 95.1 Å². The van der Waals surface area contributed by atoms with Crippen molar-refractivity contribution >= 4 is 35.2 Å². The van der Waals surface area contributed by atoms with Crippen LogP contribution in [-0.4, -0.2) is 22.2 Å². The lowest BCUT2D eigenvalue weighted by molar-refractivity contribution is -0.144. The second-order valence-electron chi connectivity index (χ2n) is 7.11. The first-order valence-corrected chi connectivity index (χ1v) is 12.3. The molecule has 4 aromatic rings. The molecule has 0 fully saturated rings. The predicted octanol–water partition coefficient (Wildman–Crippen LogP) is 7.24. The van der Waals surface area contributed by atoms with Crippen LogP contribution in [0.2, 0.25) is 0 Å². The van der Waals surface area contributed by atoms with Gasteiger partial charge in [-0.2, -0.15) is 0 Å². The lowest BCUT2D eigenvalue weighted by Crippen LogP contribution is -2.01. The van der Waals surface area contributed by atoms with Crippen molar-refractivity contribution in [1.82, 2.24) is 9.97 Å². The number of nitrogens with zero attached hydrogens (tertiary/aromatic N) is 2. The number of ether oxygens (including phenoxy) is 1. The highest BCUT2D eigenvalue weighted by atomic mass is 32.1. The van der Waals surface area contributed by atoms with Crippen LogP contribution >= 0.6 is 11.3 Å². The van der Waals surface area contributed by atoms with Crippen LogP contribution in [0.15, 0.2) is 79.1 Å². The molecule has 0 aliphatic heterocycles. The zero-order valence-corrected chi connectivity index (χ0v) is 21.3. The summed E-state index contributed by atoms with van der Waals surface area (Å²) < 4.78 is 4.94. The second kappa shape index (κ2) is 15.1. The molecule has 4 rings (SSSR count). The van der Waals surface area contributed by atoms with Crippen molar-refractivity contribution in [2.45, 2.75) is 40.7 Å². The van der Waals surface area contributed by atoms with E-state index in [9.17, 15) is 9.59 Å². The van der Waals surface area contributed by atoms with E-state index in [-0.39, 0.29) is 5.97 Å². The molecule has 2 aromatic heterocycles. The zero-order chi connectivity index (χ0) is 25.5. The van der Waals surface area contributed by atoms with E-state index < -0.39 is 0 Å². The Morgan fingerprint density at radius 2 is 1.71 bits per heavy atom. The number of esters is 1. The molecule has 7 heteroatoms. The third-order valence-electron chi connectivity index (χ3n) is 4.48. The molecular formula is C28H31N3O3S. The van der Waals surface area contributed by atoms with Crippen LogP contribution in [0.1, 0.15) is 48.0 Å². The second-order valence-corrected chi connectivity index (χ2v) is 8.22. The number of carbonyl (C=O) groups is 2. The van der Waals surface area contributed by atoms with Crippen LogP contribution in [0.3, 0.4) is 0 Å². The van der Waals surface area contributed by atoms with Gasteiger partial charge in [0, 0.05) is 34.9 Å². The summed E-state index contributed by atoms with van der Waals surface area (Å²) in [6, 6.07) is 21.4. The lowest BCUT2D eigenvalue weighted by Gasteiger charge is -2.05. The van der Waals surface area contributed by atoms with Crippen LogP contribution < -0.4 is 5.32 Å². The first-order valence-electron chi connectivity index (χ1n) is 11.5. The first kappa shape index (κ1) is 27.4. The number of carbonyl (C=O) groups excluding carboxylic acids is 2. The Hall–Kier alpha value is -3.84. The Kier molecular flexibility index (Phi) is 11.9. The molecule has 0 radical (unpaired) electrons.